The highest BCUT2D eigenvalue weighted by Gasteiger charge is 2.08. The predicted octanol–water partition coefficient (Wildman–Crippen LogP) is 0.889. The number of halogens is 1. The summed E-state index contributed by atoms with van der Waals surface area (Å²) in [6.45, 7) is 0.474. The van der Waals surface area contributed by atoms with Crippen molar-refractivity contribution in [1.82, 2.24) is 4.72 Å². The first-order valence-corrected chi connectivity index (χ1v) is 7.21. The van der Waals surface area contributed by atoms with Gasteiger partial charge in [0.25, 0.3) is 0 Å². The van der Waals surface area contributed by atoms with Crippen molar-refractivity contribution in [2.75, 3.05) is 12.3 Å². The van der Waals surface area contributed by atoms with Gasteiger partial charge in [-0.1, -0.05) is 0 Å². The van der Waals surface area contributed by atoms with Crippen LogP contribution in [0.1, 0.15) is 4.88 Å². The Kier molecular flexibility index (Phi) is 4.52. The van der Waals surface area contributed by atoms with Crippen LogP contribution in [0.15, 0.2) is 15.9 Å². The van der Waals surface area contributed by atoms with Gasteiger partial charge >= 0.3 is 0 Å². The van der Waals surface area contributed by atoms with Crippen LogP contribution < -0.4 is 10.5 Å². The number of rotatable bonds is 5. The molecule has 80 valence electrons. The summed E-state index contributed by atoms with van der Waals surface area (Å²) in [7, 11) is -3.20. The van der Waals surface area contributed by atoms with E-state index in [1.807, 2.05) is 12.1 Å². The molecule has 14 heavy (non-hydrogen) atoms. The van der Waals surface area contributed by atoms with E-state index in [1.54, 1.807) is 0 Å². The van der Waals surface area contributed by atoms with Crippen LogP contribution in [0.5, 0.6) is 0 Å². The number of hydrogen-bond donors (Lipinski definition) is 2. The van der Waals surface area contributed by atoms with Crippen molar-refractivity contribution in [2.45, 2.75) is 6.54 Å². The Morgan fingerprint density at radius 2 is 2.21 bits per heavy atom. The highest BCUT2D eigenvalue weighted by molar-refractivity contribution is 9.11. The Balaban J connectivity index is 2.48. The van der Waals surface area contributed by atoms with E-state index in [4.69, 9.17) is 5.73 Å². The summed E-state index contributed by atoms with van der Waals surface area (Å²) in [6.07, 6.45) is 0. The number of nitrogens with two attached hydrogens (primary N) is 1. The molecule has 0 aromatic carbocycles. The fourth-order valence-corrected chi connectivity index (χ4v) is 3.20. The molecular formula is C7H11BrN2O2S2. The Morgan fingerprint density at radius 3 is 2.71 bits per heavy atom. The second kappa shape index (κ2) is 5.22. The third kappa shape index (κ3) is 4.05. The molecule has 7 heteroatoms. The summed E-state index contributed by atoms with van der Waals surface area (Å²) in [5.41, 5.74) is 5.16. The molecule has 1 heterocycles. The molecule has 0 atom stereocenters. The number of sulfonamides is 1. The first-order chi connectivity index (χ1) is 6.53. The van der Waals surface area contributed by atoms with Gasteiger partial charge < -0.3 is 5.73 Å². The van der Waals surface area contributed by atoms with Crippen molar-refractivity contribution >= 4 is 37.3 Å². The van der Waals surface area contributed by atoms with E-state index < -0.39 is 10.0 Å². The lowest BCUT2D eigenvalue weighted by Crippen LogP contribution is -2.29. The van der Waals surface area contributed by atoms with Crippen LogP contribution in [-0.2, 0) is 16.6 Å². The van der Waals surface area contributed by atoms with Crippen LogP contribution in [0.4, 0.5) is 0 Å². The Morgan fingerprint density at radius 1 is 1.50 bits per heavy atom. The molecule has 0 aliphatic heterocycles. The Hall–Kier alpha value is 0.0500. The van der Waals surface area contributed by atoms with Crippen molar-refractivity contribution in [3.05, 3.63) is 20.8 Å². The molecule has 0 bridgehead atoms. The fourth-order valence-electron chi connectivity index (χ4n) is 0.855. The molecule has 0 radical (unpaired) electrons. The van der Waals surface area contributed by atoms with E-state index in [2.05, 4.69) is 20.7 Å². The zero-order valence-electron chi connectivity index (χ0n) is 7.36. The van der Waals surface area contributed by atoms with Gasteiger partial charge in [-0.3, -0.25) is 0 Å². The van der Waals surface area contributed by atoms with E-state index in [-0.39, 0.29) is 12.3 Å². The maximum atomic E-state index is 11.2. The lowest BCUT2D eigenvalue weighted by molar-refractivity contribution is 0.581. The van der Waals surface area contributed by atoms with E-state index in [0.717, 1.165) is 8.66 Å². The highest BCUT2D eigenvalue weighted by atomic mass is 79.9. The molecule has 1 rings (SSSR count). The molecule has 4 nitrogen and oxygen atoms in total. The monoisotopic (exact) mass is 298 g/mol. The van der Waals surface area contributed by atoms with Gasteiger partial charge in [-0.25, -0.2) is 13.1 Å². The van der Waals surface area contributed by atoms with Crippen LogP contribution in [0.25, 0.3) is 0 Å². The summed E-state index contributed by atoms with van der Waals surface area (Å²) in [6, 6.07) is 3.76. The topological polar surface area (TPSA) is 72.2 Å². The van der Waals surface area contributed by atoms with Gasteiger partial charge in [0.2, 0.25) is 10.0 Å². The van der Waals surface area contributed by atoms with Gasteiger partial charge in [0.15, 0.2) is 0 Å². The number of nitrogens with one attached hydrogen (secondary N) is 1. The van der Waals surface area contributed by atoms with Crippen LogP contribution in [-0.4, -0.2) is 20.7 Å². The summed E-state index contributed by atoms with van der Waals surface area (Å²) >= 11 is 4.81. The van der Waals surface area contributed by atoms with Crippen molar-refractivity contribution < 1.29 is 8.42 Å². The SMILES string of the molecule is NCCS(=O)(=O)NCc1ccc(Br)s1. The molecular weight excluding hydrogens is 288 g/mol. The van der Waals surface area contributed by atoms with E-state index in [9.17, 15) is 8.42 Å². The summed E-state index contributed by atoms with van der Waals surface area (Å²) in [5, 5.41) is 0. The maximum Gasteiger partial charge on any atom is 0.213 e. The zero-order valence-corrected chi connectivity index (χ0v) is 10.6. The first-order valence-electron chi connectivity index (χ1n) is 3.95. The van der Waals surface area contributed by atoms with Gasteiger partial charge in [0.05, 0.1) is 9.54 Å². The molecule has 0 spiro atoms. The zero-order chi connectivity index (χ0) is 10.6. The van der Waals surface area contributed by atoms with Crippen LogP contribution in [0, 0.1) is 0 Å². The summed E-state index contributed by atoms with van der Waals surface area (Å²) < 4.78 is 25.9. The molecule has 1 aromatic rings. The van der Waals surface area contributed by atoms with Crippen LogP contribution in [0.2, 0.25) is 0 Å². The minimum Gasteiger partial charge on any atom is -0.329 e. The normalized spacial score (nSPS) is 11.9. The Labute approximate surface area is 95.7 Å². The maximum absolute atomic E-state index is 11.2. The van der Waals surface area contributed by atoms with Crippen LogP contribution >= 0.6 is 27.3 Å². The van der Waals surface area contributed by atoms with Gasteiger partial charge in [-0.15, -0.1) is 11.3 Å². The van der Waals surface area contributed by atoms with Crippen molar-refractivity contribution in [3.8, 4) is 0 Å². The average Bonchev–Trinajstić information content (AvgIpc) is 2.48. The lowest BCUT2D eigenvalue weighted by atomic mass is 10.5. The van der Waals surface area contributed by atoms with Gasteiger partial charge in [0.1, 0.15) is 0 Å². The standard InChI is InChI=1S/C7H11BrN2O2S2/c8-7-2-1-6(13-7)5-10-14(11,12)4-3-9/h1-2,10H,3-5,9H2. The quantitative estimate of drug-likeness (QED) is 0.848. The van der Waals surface area contributed by atoms with Crippen molar-refractivity contribution in [2.24, 2.45) is 5.73 Å². The number of thiophene rings is 1. The van der Waals surface area contributed by atoms with Gasteiger partial charge in [-0.2, -0.15) is 0 Å². The van der Waals surface area contributed by atoms with E-state index in [0.29, 0.717) is 6.54 Å². The minimum atomic E-state index is -3.20. The fraction of sp³-hybridized carbons (Fsp3) is 0.429. The van der Waals surface area contributed by atoms with Gasteiger partial charge in [0, 0.05) is 18.0 Å². The lowest BCUT2D eigenvalue weighted by Gasteiger charge is -2.02. The van der Waals surface area contributed by atoms with Crippen molar-refractivity contribution in [1.29, 1.82) is 0 Å². The smallest absolute Gasteiger partial charge is 0.213 e. The average molecular weight is 299 g/mol. The number of hydrogen-bond acceptors (Lipinski definition) is 4. The second-order valence-corrected chi connectivity index (χ2v) is 7.11. The third-order valence-electron chi connectivity index (χ3n) is 1.48. The molecule has 3 N–H and O–H groups in total. The highest BCUT2D eigenvalue weighted by Crippen LogP contribution is 2.21. The molecule has 0 aliphatic rings. The predicted molar refractivity (Wildman–Crippen MR) is 61.7 cm³/mol. The van der Waals surface area contributed by atoms with Crippen molar-refractivity contribution in [3.63, 3.8) is 0 Å². The molecule has 0 fully saturated rings. The van der Waals surface area contributed by atoms with E-state index in [1.165, 1.54) is 11.3 Å². The molecule has 0 saturated carbocycles. The van der Waals surface area contributed by atoms with E-state index >= 15 is 0 Å². The molecule has 1 aromatic heterocycles. The van der Waals surface area contributed by atoms with Gasteiger partial charge in [-0.05, 0) is 28.1 Å². The van der Waals surface area contributed by atoms with Crippen LogP contribution in [0.3, 0.4) is 0 Å². The summed E-state index contributed by atoms with van der Waals surface area (Å²) in [4.78, 5) is 0.970. The molecule has 0 unspecified atom stereocenters. The summed E-state index contributed by atoms with van der Waals surface area (Å²) in [5.74, 6) is -0.0282. The Bertz CT molecular complexity index is 388. The third-order valence-corrected chi connectivity index (χ3v) is 4.46. The largest absolute Gasteiger partial charge is 0.329 e. The second-order valence-electron chi connectivity index (χ2n) is 2.63. The minimum absolute atomic E-state index is 0.0282. The molecule has 0 saturated heterocycles. The first kappa shape index (κ1) is 12.1. The molecule has 0 amide bonds. The molecule has 0 aliphatic carbocycles.